The summed E-state index contributed by atoms with van der Waals surface area (Å²) in [7, 11) is 0. The Labute approximate surface area is 167 Å². The van der Waals surface area contributed by atoms with Gasteiger partial charge < -0.3 is 19.9 Å². The summed E-state index contributed by atoms with van der Waals surface area (Å²) >= 11 is 0. The summed E-state index contributed by atoms with van der Waals surface area (Å²) in [6.45, 7) is 9.92. The fourth-order valence-electron chi connectivity index (χ4n) is 4.32. The molecule has 4 rings (SSSR count). The van der Waals surface area contributed by atoms with E-state index in [1.54, 1.807) is 0 Å². The van der Waals surface area contributed by atoms with Gasteiger partial charge in [-0.15, -0.1) is 0 Å². The maximum atomic E-state index is 12.3. The van der Waals surface area contributed by atoms with Crippen molar-refractivity contribution in [3.8, 4) is 0 Å². The molecule has 28 heavy (non-hydrogen) atoms. The predicted octanol–water partition coefficient (Wildman–Crippen LogP) is 1.85. The third-order valence-corrected chi connectivity index (χ3v) is 6.09. The second kappa shape index (κ2) is 8.74. The van der Waals surface area contributed by atoms with Crippen molar-refractivity contribution in [1.29, 1.82) is 0 Å². The van der Waals surface area contributed by atoms with Crippen LogP contribution in [0.3, 0.4) is 0 Å². The van der Waals surface area contributed by atoms with Crippen LogP contribution < -0.4 is 5.32 Å². The molecule has 7 nitrogen and oxygen atoms in total. The molecule has 1 atom stereocenters. The van der Waals surface area contributed by atoms with E-state index >= 15 is 0 Å². The van der Waals surface area contributed by atoms with Crippen molar-refractivity contribution in [2.45, 2.75) is 45.6 Å². The second-order valence-electron chi connectivity index (χ2n) is 8.77. The molecule has 3 heterocycles. The molecule has 1 aliphatic carbocycles. The molecule has 0 bridgehead atoms. The lowest BCUT2D eigenvalue weighted by Gasteiger charge is -2.38. The zero-order valence-corrected chi connectivity index (χ0v) is 17.2. The van der Waals surface area contributed by atoms with E-state index in [4.69, 9.17) is 4.74 Å². The molecule has 1 aromatic rings. The first-order valence-corrected chi connectivity index (χ1v) is 10.7. The molecule has 1 N–H and O–H groups in total. The Morgan fingerprint density at radius 1 is 1.07 bits per heavy atom. The summed E-state index contributed by atoms with van der Waals surface area (Å²) in [6, 6.07) is 1.96. The fraction of sp³-hybridized carbons (Fsp3) is 0.762. The Bertz CT molecular complexity index is 665. The molecule has 3 fully saturated rings. The highest BCUT2D eigenvalue weighted by atomic mass is 16.5. The number of anilines is 1. The van der Waals surface area contributed by atoms with E-state index < -0.39 is 0 Å². The molecule has 2 aliphatic heterocycles. The van der Waals surface area contributed by atoms with Gasteiger partial charge in [0.1, 0.15) is 6.61 Å². The van der Waals surface area contributed by atoms with Crippen molar-refractivity contribution in [1.82, 2.24) is 19.8 Å². The number of rotatable bonds is 7. The molecular weight excluding hydrogens is 354 g/mol. The van der Waals surface area contributed by atoms with Crippen LogP contribution in [-0.4, -0.2) is 77.7 Å². The monoisotopic (exact) mass is 387 g/mol. The van der Waals surface area contributed by atoms with Crippen LogP contribution >= 0.6 is 0 Å². The van der Waals surface area contributed by atoms with Gasteiger partial charge >= 0.3 is 0 Å². The van der Waals surface area contributed by atoms with Crippen LogP contribution in [-0.2, 0) is 9.53 Å². The zero-order chi connectivity index (χ0) is 19.5. The number of amides is 1. The highest BCUT2D eigenvalue weighted by Crippen LogP contribution is 2.31. The zero-order valence-electron chi connectivity index (χ0n) is 17.2. The molecule has 7 heteroatoms. The number of aromatic nitrogens is 2. The van der Waals surface area contributed by atoms with Crippen LogP contribution in [0.2, 0.25) is 0 Å². The molecule has 0 unspecified atom stereocenters. The van der Waals surface area contributed by atoms with E-state index in [1.807, 2.05) is 24.8 Å². The number of piperidine rings is 1. The predicted molar refractivity (Wildman–Crippen MR) is 108 cm³/mol. The van der Waals surface area contributed by atoms with Gasteiger partial charge in [0.05, 0.1) is 6.10 Å². The topological polar surface area (TPSA) is 70.6 Å². The number of nitrogens with zero attached hydrogens (tertiary/aromatic N) is 4. The second-order valence-corrected chi connectivity index (χ2v) is 8.77. The summed E-state index contributed by atoms with van der Waals surface area (Å²) in [4.78, 5) is 25.8. The van der Waals surface area contributed by atoms with Crippen molar-refractivity contribution < 1.29 is 9.53 Å². The number of aryl methyl sites for hydroxylation is 2. The quantitative estimate of drug-likeness (QED) is 0.770. The fourth-order valence-corrected chi connectivity index (χ4v) is 4.32. The third-order valence-electron chi connectivity index (χ3n) is 6.09. The van der Waals surface area contributed by atoms with Gasteiger partial charge in [-0.2, -0.15) is 0 Å². The average molecular weight is 388 g/mol. The summed E-state index contributed by atoms with van der Waals surface area (Å²) in [5.41, 5.74) is 1.90. The number of hydrogen-bond acceptors (Lipinski definition) is 6. The highest BCUT2D eigenvalue weighted by molar-refractivity contribution is 5.78. The van der Waals surface area contributed by atoms with Crippen LogP contribution in [0.1, 0.15) is 37.1 Å². The minimum Gasteiger partial charge on any atom is -0.365 e. The molecule has 154 valence electrons. The molecule has 1 saturated carbocycles. The Balaban J connectivity index is 1.23. The first-order chi connectivity index (χ1) is 13.5. The largest absolute Gasteiger partial charge is 0.365 e. The van der Waals surface area contributed by atoms with Crippen molar-refractivity contribution >= 4 is 11.9 Å². The Morgan fingerprint density at radius 3 is 2.43 bits per heavy atom. The lowest BCUT2D eigenvalue weighted by Crippen LogP contribution is -2.51. The summed E-state index contributed by atoms with van der Waals surface area (Å²) in [5.74, 6) is 2.34. The molecule has 0 spiro atoms. The number of ether oxygens (including phenoxy) is 1. The Hall–Kier alpha value is -1.73. The Kier molecular flexibility index (Phi) is 6.11. The van der Waals surface area contributed by atoms with Gasteiger partial charge in [-0.25, -0.2) is 9.97 Å². The molecule has 0 aromatic carbocycles. The van der Waals surface area contributed by atoms with E-state index in [9.17, 15) is 4.79 Å². The highest BCUT2D eigenvalue weighted by Gasteiger charge is 2.31. The lowest BCUT2D eigenvalue weighted by molar-refractivity contribution is -0.149. The van der Waals surface area contributed by atoms with Crippen molar-refractivity contribution in [3.05, 3.63) is 17.5 Å². The van der Waals surface area contributed by atoms with E-state index in [2.05, 4.69) is 20.2 Å². The van der Waals surface area contributed by atoms with E-state index in [-0.39, 0.29) is 18.6 Å². The minimum absolute atomic E-state index is 0.0166. The van der Waals surface area contributed by atoms with Gasteiger partial charge in [0.2, 0.25) is 11.9 Å². The van der Waals surface area contributed by atoms with Crippen LogP contribution in [0, 0.1) is 25.7 Å². The smallest absolute Gasteiger partial charge is 0.248 e. The summed E-state index contributed by atoms with van der Waals surface area (Å²) in [5, 5.41) is 3.27. The minimum atomic E-state index is -0.0166. The van der Waals surface area contributed by atoms with Crippen molar-refractivity contribution in [3.63, 3.8) is 0 Å². The summed E-state index contributed by atoms with van der Waals surface area (Å²) in [6.07, 6.45) is 5.24. The molecule has 1 aromatic heterocycles. The average Bonchev–Trinajstić information content (AvgIpc) is 3.47. The van der Waals surface area contributed by atoms with Crippen LogP contribution in [0.5, 0.6) is 0 Å². The van der Waals surface area contributed by atoms with Gasteiger partial charge in [-0.05, 0) is 70.5 Å². The van der Waals surface area contributed by atoms with Gasteiger partial charge in [0.15, 0.2) is 0 Å². The van der Waals surface area contributed by atoms with E-state index in [0.29, 0.717) is 25.0 Å². The normalized spacial score (nSPS) is 24.6. The first kappa shape index (κ1) is 19.6. The number of likely N-dealkylation sites (tertiary alicyclic amines) is 1. The Morgan fingerprint density at radius 2 is 1.75 bits per heavy atom. The van der Waals surface area contributed by atoms with Crippen molar-refractivity contribution in [2.24, 2.45) is 11.8 Å². The van der Waals surface area contributed by atoms with E-state index in [0.717, 1.165) is 23.9 Å². The number of carbonyl (C=O) groups excluding carboxylic acids is 1. The molecule has 3 aliphatic rings. The van der Waals surface area contributed by atoms with Crippen LogP contribution in [0.4, 0.5) is 5.95 Å². The maximum absolute atomic E-state index is 12.3. The van der Waals surface area contributed by atoms with Gasteiger partial charge in [0.25, 0.3) is 0 Å². The van der Waals surface area contributed by atoms with Gasteiger partial charge in [0, 0.05) is 37.6 Å². The first-order valence-electron chi connectivity index (χ1n) is 10.7. The molecule has 0 radical (unpaired) electrons. The maximum Gasteiger partial charge on any atom is 0.248 e. The van der Waals surface area contributed by atoms with Gasteiger partial charge in [-0.3, -0.25) is 4.79 Å². The standard InChI is InChI=1S/C21H33N5O2/c1-15-9-16(2)24-21(23-15)22-10-19-13-26(20(27)14-28-19)12-18-5-7-25(8-6-18)11-17-3-4-17/h9,17-19H,3-8,10-14H2,1-2H3,(H,22,23,24)/t19-/m1/s1. The number of carbonyl (C=O) groups is 1. The lowest BCUT2D eigenvalue weighted by atomic mass is 9.95. The molecule has 1 amide bonds. The van der Waals surface area contributed by atoms with Crippen LogP contribution in [0.25, 0.3) is 0 Å². The summed E-state index contributed by atoms with van der Waals surface area (Å²) < 4.78 is 5.74. The molecular formula is C21H33N5O2. The van der Waals surface area contributed by atoms with Gasteiger partial charge in [-0.1, -0.05) is 0 Å². The number of hydrogen-bond donors (Lipinski definition) is 1. The van der Waals surface area contributed by atoms with E-state index in [1.165, 1.54) is 45.3 Å². The van der Waals surface area contributed by atoms with Crippen LogP contribution in [0.15, 0.2) is 6.07 Å². The SMILES string of the molecule is Cc1cc(C)nc(NC[C@@H]2CN(CC3CCN(CC4CC4)CC3)C(=O)CO2)n1. The van der Waals surface area contributed by atoms with Crippen molar-refractivity contribution in [2.75, 3.05) is 51.2 Å². The third kappa shape index (κ3) is 5.41. The molecule has 2 saturated heterocycles. The number of nitrogens with one attached hydrogen (secondary N) is 1. The number of morpholine rings is 1.